The lowest BCUT2D eigenvalue weighted by Gasteiger charge is -1.95. The Labute approximate surface area is 63.0 Å². The Morgan fingerprint density at radius 1 is 1.89 bits per heavy atom. The van der Waals surface area contributed by atoms with E-state index in [0.717, 1.165) is 0 Å². The van der Waals surface area contributed by atoms with Crippen molar-refractivity contribution in [1.82, 2.24) is 5.32 Å². The molecule has 0 fully saturated rings. The molecule has 0 aromatic heterocycles. The highest BCUT2D eigenvalue weighted by atomic mass is 79.9. The largest absolute Gasteiger partial charge is 0.381 e. The first-order valence-electron chi connectivity index (χ1n) is 2.36. The summed E-state index contributed by atoms with van der Waals surface area (Å²) in [6.07, 6.45) is 1.49. The first kappa shape index (κ1) is 8.25. The highest BCUT2D eigenvalue weighted by Gasteiger charge is 1.93. The maximum Gasteiger partial charge on any atom is 0.102 e. The van der Waals surface area contributed by atoms with E-state index in [4.69, 9.17) is 5.26 Å². The molecule has 0 aliphatic carbocycles. The number of hydrogen-bond acceptors (Lipinski definition) is 2. The van der Waals surface area contributed by atoms with E-state index in [0.29, 0.717) is 10.2 Å². The average molecular weight is 187 g/mol. The quantitative estimate of drug-likeness (QED) is 0.404. The molecule has 0 bridgehead atoms. The van der Waals surface area contributed by atoms with Crippen molar-refractivity contribution in [3.05, 3.63) is 22.8 Å². The highest BCUT2D eigenvalue weighted by molar-refractivity contribution is 9.11. The summed E-state index contributed by atoms with van der Waals surface area (Å²) >= 11 is 3.14. The standard InChI is InChI=1S/C6H7BrN2/c1-3-5(4-8)6(7)9-2/h3,9H,1H2,2H3/b6-5+. The zero-order chi connectivity index (χ0) is 7.28. The number of halogens is 1. The Balaban J connectivity index is 4.43. The fourth-order valence-electron chi connectivity index (χ4n) is 0.319. The summed E-state index contributed by atoms with van der Waals surface area (Å²) in [5.41, 5.74) is 0.512. The van der Waals surface area contributed by atoms with Crippen molar-refractivity contribution >= 4 is 15.9 Å². The normalized spacial score (nSPS) is 11.2. The van der Waals surface area contributed by atoms with Crippen LogP contribution in [-0.4, -0.2) is 7.05 Å². The van der Waals surface area contributed by atoms with E-state index in [1.807, 2.05) is 6.07 Å². The van der Waals surface area contributed by atoms with Gasteiger partial charge in [-0.05, 0) is 22.0 Å². The van der Waals surface area contributed by atoms with E-state index < -0.39 is 0 Å². The molecule has 0 aromatic carbocycles. The predicted molar refractivity (Wildman–Crippen MR) is 40.8 cm³/mol. The molecule has 48 valence electrons. The van der Waals surface area contributed by atoms with Crippen LogP contribution < -0.4 is 5.32 Å². The van der Waals surface area contributed by atoms with Gasteiger partial charge in [-0.15, -0.1) is 0 Å². The first-order valence-corrected chi connectivity index (χ1v) is 3.15. The molecule has 0 atom stereocenters. The Bertz CT molecular complexity index is 176. The van der Waals surface area contributed by atoms with Crippen LogP contribution in [0.15, 0.2) is 22.8 Å². The number of hydrogen-bond donors (Lipinski definition) is 1. The van der Waals surface area contributed by atoms with Gasteiger partial charge in [0.2, 0.25) is 0 Å². The predicted octanol–water partition coefficient (Wildman–Crippen LogP) is 1.52. The zero-order valence-corrected chi connectivity index (χ0v) is 6.70. The molecule has 9 heavy (non-hydrogen) atoms. The molecule has 0 aliphatic rings. The third-order valence-electron chi connectivity index (χ3n) is 0.781. The summed E-state index contributed by atoms with van der Waals surface area (Å²) in [7, 11) is 1.73. The van der Waals surface area contributed by atoms with Gasteiger partial charge < -0.3 is 5.32 Å². The first-order chi connectivity index (χ1) is 4.26. The summed E-state index contributed by atoms with van der Waals surface area (Å²) in [5, 5.41) is 11.1. The van der Waals surface area contributed by atoms with Gasteiger partial charge in [-0.2, -0.15) is 5.26 Å². The van der Waals surface area contributed by atoms with Gasteiger partial charge in [0.1, 0.15) is 6.07 Å². The van der Waals surface area contributed by atoms with Gasteiger partial charge in [-0.3, -0.25) is 0 Å². The van der Waals surface area contributed by atoms with Gasteiger partial charge in [0.25, 0.3) is 0 Å². The molecule has 0 aliphatic heterocycles. The van der Waals surface area contributed by atoms with E-state index in [2.05, 4.69) is 27.8 Å². The van der Waals surface area contributed by atoms with E-state index in [1.165, 1.54) is 6.08 Å². The SMILES string of the molecule is C=C/C(C#N)=C(/Br)NC. The van der Waals surface area contributed by atoms with Crippen molar-refractivity contribution < 1.29 is 0 Å². The monoisotopic (exact) mass is 186 g/mol. The van der Waals surface area contributed by atoms with E-state index >= 15 is 0 Å². The molecule has 0 unspecified atom stereocenters. The van der Waals surface area contributed by atoms with E-state index in [-0.39, 0.29) is 0 Å². The van der Waals surface area contributed by atoms with Crippen LogP contribution in [0.4, 0.5) is 0 Å². The summed E-state index contributed by atoms with van der Waals surface area (Å²) < 4.78 is 0.667. The van der Waals surface area contributed by atoms with Gasteiger partial charge in [0.05, 0.1) is 10.2 Å². The molecule has 0 saturated heterocycles. The minimum absolute atomic E-state index is 0.512. The van der Waals surface area contributed by atoms with Crippen LogP contribution in [0.5, 0.6) is 0 Å². The smallest absolute Gasteiger partial charge is 0.102 e. The number of nitrogens with one attached hydrogen (secondary N) is 1. The lowest BCUT2D eigenvalue weighted by molar-refractivity contribution is 1.08. The third kappa shape index (κ3) is 2.34. The molecule has 0 aromatic rings. The summed E-state index contributed by atoms with van der Waals surface area (Å²) in [5.74, 6) is 0. The van der Waals surface area contributed by atoms with Gasteiger partial charge in [-0.25, -0.2) is 0 Å². The Kier molecular flexibility index (Phi) is 3.81. The van der Waals surface area contributed by atoms with Crippen molar-refractivity contribution in [2.24, 2.45) is 0 Å². The molecule has 3 heteroatoms. The molecule has 0 rings (SSSR count). The average Bonchev–Trinajstić information content (AvgIpc) is 1.90. The van der Waals surface area contributed by atoms with Crippen LogP contribution in [-0.2, 0) is 0 Å². The maximum absolute atomic E-state index is 8.38. The Morgan fingerprint density at radius 2 is 2.44 bits per heavy atom. The zero-order valence-electron chi connectivity index (χ0n) is 5.11. The Morgan fingerprint density at radius 3 is 2.56 bits per heavy atom. The fraction of sp³-hybridized carbons (Fsp3) is 0.167. The molecular weight excluding hydrogens is 180 g/mol. The van der Waals surface area contributed by atoms with Crippen LogP contribution in [0.2, 0.25) is 0 Å². The minimum Gasteiger partial charge on any atom is -0.381 e. The van der Waals surface area contributed by atoms with Crippen molar-refractivity contribution in [1.29, 1.82) is 5.26 Å². The van der Waals surface area contributed by atoms with E-state index in [9.17, 15) is 0 Å². The molecule has 0 spiro atoms. The lowest BCUT2D eigenvalue weighted by atomic mass is 10.3. The molecule has 2 nitrogen and oxygen atoms in total. The second-order valence-electron chi connectivity index (χ2n) is 1.29. The second-order valence-corrected chi connectivity index (χ2v) is 2.09. The number of allylic oxidation sites excluding steroid dienone is 2. The Hall–Kier alpha value is -0.750. The summed E-state index contributed by atoms with van der Waals surface area (Å²) in [4.78, 5) is 0. The van der Waals surface area contributed by atoms with Gasteiger partial charge in [-0.1, -0.05) is 6.58 Å². The van der Waals surface area contributed by atoms with Crippen LogP contribution in [0.25, 0.3) is 0 Å². The molecule has 0 heterocycles. The summed E-state index contributed by atoms with van der Waals surface area (Å²) in [6.45, 7) is 3.45. The van der Waals surface area contributed by atoms with Crippen LogP contribution in [0, 0.1) is 11.3 Å². The molecular formula is C6H7BrN2. The topological polar surface area (TPSA) is 35.8 Å². The number of rotatable bonds is 2. The number of nitrogens with zero attached hydrogens (tertiary/aromatic N) is 1. The van der Waals surface area contributed by atoms with Crippen molar-refractivity contribution in [3.8, 4) is 6.07 Å². The van der Waals surface area contributed by atoms with Gasteiger partial charge >= 0.3 is 0 Å². The van der Waals surface area contributed by atoms with Crippen molar-refractivity contribution in [2.45, 2.75) is 0 Å². The maximum atomic E-state index is 8.38. The van der Waals surface area contributed by atoms with Gasteiger partial charge in [0.15, 0.2) is 0 Å². The van der Waals surface area contributed by atoms with Crippen LogP contribution in [0.3, 0.4) is 0 Å². The van der Waals surface area contributed by atoms with Crippen molar-refractivity contribution in [3.63, 3.8) is 0 Å². The molecule has 0 radical (unpaired) electrons. The third-order valence-corrected chi connectivity index (χ3v) is 1.60. The van der Waals surface area contributed by atoms with Crippen molar-refractivity contribution in [2.75, 3.05) is 7.05 Å². The second kappa shape index (κ2) is 4.16. The fourth-order valence-corrected chi connectivity index (χ4v) is 0.570. The highest BCUT2D eigenvalue weighted by Crippen LogP contribution is 2.06. The van der Waals surface area contributed by atoms with E-state index in [1.54, 1.807) is 7.05 Å². The molecule has 0 saturated carbocycles. The van der Waals surface area contributed by atoms with Crippen LogP contribution in [0.1, 0.15) is 0 Å². The van der Waals surface area contributed by atoms with Gasteiger partial charge in [0, 0.05) is 7.05 Å². The summed E-state index contributed by atoms with van der Waals surface area (Å²) in [6, 6.07) is 1.95. The minimum atomic E-state index is 0.512. The number of nitriles is 1. The van der Waals surface area contributed by atoms with Crippen LogP contribution >= 0.6 is 15.9 Å². The molecule has 0 amide bonds. The lowest BCUT2D eigenvalue weighted by Crippen LogP contribution is -2.00. The molecule has 1 N–H and O–H groups in total.